The predicted octanol–water partition coefficient (Wildman–Crippen LogP) is 3.59. The fraction of sp³-hybridized carbons (Fsp3) is 0.714. The molecule has 98 valence electrons. The second-order valence-corrected chi connectivity index (χ2v) is 5.96. The lowest BCUT2D eigenvalue weighted by Crippen LogP contribution is -2.33. The molecule has 0 aliphatic rings. The summed E-state index contributed by atoms with van der Waals surface area (Å²) in [4.78, 5) is 1.41. The third-order valence-corrected chi connectivity index (χ3v) is 3.99. The first-order valence-corrected chi connectivity index (χ1v) is 7.45. The van der Waals surface area contributed by atoms with Crippen LogP contribution in [0, 0.1) is 5.92 Å². The zero-order chi connectivity index (χ0) is 12.7. The van der Waals surface area contributed by atoms with Crippen LogP contribution < -0.4 is 5.32 Å². The van der Waals surface area contributed by atoms with Crippen molar-refractivity contribution >= 4 is 11.3 Å². The highest BCUT2D eigenvalue weighted by molar-refractivity contribution is 7.10. The molecule has 17 heavy (non-hydrogen) atoms. The first-order chi connectivity index (χ1) is 8.17. The molecule has 0 aromatic carbocycles. The van der Waals surface area contributed by atoms with Crippen molar-refractivity contribution in [3.05, 3.63) is 22.4 Å². The van der Waals surface area contributed by atoms with Gasteiger partial charge in [0.05, 0.1) is 0 Å². The number of hydrogen-bond donors (Lipinski definition) is 2. The fourth-order valence-electron chi connectivity index (χ4n) is 2.07. The Bertz CT molecular complexity index is 284. The van der Waals surface area contributed by atoms with Crippen molar-refractivity contribution in [3.8, 4) is 0 Å². The van der Waals surface area contributed by atoms with Crippen LogP contribution >= 0.6 is 11.3 Å². The normalized spacial score (nSPS) is 15.1. The van der Waals surface area contributed by atoms with Gasteiger partial charge in [-0.15, -0.1) is 11.3 Å². The molecule has 3 heteroatoms. The van der Waals surface area contributed by atoms with Crippen LogP contribution in [-0.4, -0.2) is 17.8 Å². The Hall–Kier alpha value is -0.380. The molecule has 0 spiro atoms. The summed E-state index contributed by atoms with van der Waals surface area (Å²) in [6.07, 6.45) is 3.07. The zero-order valence-electron chi connectivity index (χ0n) is 11.1. The smallest absolute Gasteiger partial charge is 0.0445 e. The first-order valence-electron chi connectivity index (χ1n) is 6.57. The van der Waals surface area contributed by atoms with Crippen LogP contribution in [0.1, 0.15) is 51.0 Å². The first kappa shape index (κ1) is 14.7. The molecular formula is C14H25NOS. The molecule has 1 aromatic heterocycles. The lowest BCUT2D eigenvalue weighted by molar-refractivity contribution is 0.251. The minimum absolute atomic E-state index is 0.268. The van der Waals surface area contributed by atoms with Gasteiger partial charge in [0.25, 0.3) is 0 Å². The predicted molar refractivity (Wildman–Crippen MR) is 75.4 cm³/mol. The summed E-state index contributed by atoms with van der Waals surface area (Å²) in [5.74, 6) is 0.682. The van der Waals surface area contributed by atoms with Gasteiger partial charge >= 0.3 is 0 Å². The number of aliphatic hydroxyl groups is 1. The van der Waals surface area contributed by atoms with Gasteiger partial charge in [-0.3, -0.25) is 0 Å². The number of hydrogen-bond acceptors (Lipinski definition) is 3. The molecule has 0 amide bonds. The van der Waals surface area contributed by atoms with Crippen LogP contribution in [0.4, 0.5) is 0 Å². The quantitative estimate of drug-likeness (QED) is 0.744. The topological polar surface area (TPSA) is 32.3 Å². The van der Waals surface area contributed by atoms with Gasteiger partial charge in [0.1, 0.15) is 0 Å². The average molecular weight is 255 g/mol. The second-order valence-electron chi connectivity index (χ2n) is 4.98. The number of rotatable bonds is 8. The highest BCUT2D eigenvalue weighted by atomic mass is 32.1. The Morgan fingerprint density at radius 3 is 2.65 bits per heavy atom. The van der Waals surface area contributed by atoms with E-state index in [4.69, 9.17) is 5.11 Å². The molecule has 0 aliphatic carbocycles. The van der Waals surface area contributed by atoms with Crippen molar-refractivity contribution in [2.24, 2.45) is 5.92 Å². The van der Waals surface area contributed by atoms with E-state index in [9.17, 15) is 0 Å². The van der Waals surface area contributed by atoms with Crippen molar-refractivity contribution in [1.29, 1.82) is 0 Å². The van der Waals surface area contributed by atoms with E-state index in [-0.39, 0.29) is 6.61 Å². The summed E-state index contributed by atoms with van der Waals surface area (Å²) in [6.45, 7) is 6.96. The molecule has 0 aliphatic heterocycles. The molecule has 1 aromatic rings. The van der Waals surface area contributed by atoms with Crippen molar-refractivity contribution in [3.63, 3.8) is 0 Å². The Balaban J connectivity index is 2.63. The zero-order valence-corrected chi connectivity index (χ0v) is 12.0. The summed E-state index contributed by atoms with van der Waals surface area (Å²) >= 11 is 1.82. The van der Waals surface area contributed by atoms with Gasteiger partial charge < -0.3 is 10.4 Å². The van der Waals surface area contributed by atoms with Crippen molar-refractivity contribution in [1.82, 2.24) is 5.32 Å². The van der Waals surface area contributed by atoms with E-state index in [0.717, 1.165) is 19.3 Å². The fourth-order valence-corrected chi connectivity index (χ4v) is 2.87. The third kappa shape index (κ3) is 5.19. The maximum Gasteiger partial charge on any atom is 0.0445 e. The molecule has 0 bridgehead atoms. The molecule has 0 saturated heterocycles. The third-order valence-electron chi connectivity index (χ3n) is 3.00. The van der Waals surface area contributed by atoms with Crippen LogP contribution in [0.25, 0.3) is 0 Å². The minimum Gasteiger partial charge on any atom is -0.396 e. The maximum absolute atomic E-state index is 9.06. The van der Waals surface area contributed by atoms with Gasteiger partial charge in [-0.05, 0) is 36.6 Å². The monoisotopic (exact) mass is 255 g/mol. The van der Waals surface area contributed by atoms with Crippen LogP contribution in [0.15, 0.2) is 17.5 Å². The van der Waals surface area contributed by atoms with Gasteiger partial charge in [0.2, 0.25) is 0 Å². The van der Waals surface area contributed by atoms with Crippen LogP contribution in [0.5, 0.6) is 0 Å². The van der Waals surface area contributed by atoms with Gasteiger partial charge in [-0.2, -0.15) is 0 Å². The molecule has 0 saturated carbocycles. The van der Waals surface area contributed by atoms with E-state index >= 15 is 0 Å². The molecule has 1 rings (SSSR count). The molecule has 2 nitrogen and oxygen atoms in total. The number of nitrogens with one attached hydrogen (secondary N) is 1. The highest BCUT2D eigenvalue weighted by Crippen LogP contribution is 2.26. The molecular weight excluding hydrogens is 230 g/mol. The Labute approximate surface area is 109 Å². The summed E-state index contributed by atoms with van der Waals surface area (Å²) in [6, 6.07) is 5.18. The van der Waals surface area contributed by atoms with E-state index < -0.39 is 0 Å². The van der Waals surface area contributed by atoms with Gasteiger partial charge in [-0.25, -0.2) is 0 Å². The maximum atomic E-state index is 9.06. The molecule has 2 atom stereocenters. The number of aliphatic hydroxyl groups excluding tert-OH is 1. The Morgan fingerprint density at radius 1 is 1.41 bits per heavy atom. The molecule has 0 radical (unpaired) electrons. The number of thiophene rings is 1. The van der Waals surface area contributed by atoms with Crippen LogP contribution in [-0.2, 0) is 0 Å². The lowest BCUT2D eigenvalue weighted by Gasteiger charge is -2.25. The standard InChI is InChI=1S/C14H25NOS/c1-4-12(7-8-16)15-13(10-11(2)3)14-6-5-9-17-14/h5-6,9,11-13,15-16H,4,7-8,10H2,1-3H3. The van der Waals surface area contributed by atoms with Gasteiger partial charge in [0.15, 0.2) is 0 Å². The molecule has 1 heterocycles. The summed E-state index contributed by atoms with van der Waals surface area (Å²) in [5.41, 5.74) is 0. The van der Waals surface area contributed by atoms with Gasteiger partial charge in [-0.1, -0.05) is 26.8 Å². The average Bonchev–Trinajstić information content (AvgIpc) is 2.80. The van der Waals surface area contributed by atoms with Crippen LogP contribution in [0.3, 0.4) is 0 Å². The summed E-state index contributed by atoms with van der Waals surface area (Å²) in [7, 11) is 0. The molecule has 2 N–H and O–H groups in total. The lowest BCUT2D eigenvalue weighted by atomic mass is 10.0. The SMILES string of the molecule is CCC(CCO)NC(CC(C)C)c1cccs1. The largest absolute Gasteiger partial charge is 0.396 e. The van der Waals surface area contributed by atoms with E-state index in [1.165, 1.54) is 4.88 Å². The van der Waals surface area contributed by atoms with Gasteiger partial charge in [0, 0.05) is 23.6 Å². The Kier molecular flexibility index (Phi) is 6.78. The Morgan fingerprint density at radius 2 is 2.18 bits per heavy atom. The summed E-state index contributed by atoms with van der Waals surface area (Å²) < 4.78 is 0. The summed E-state index contributed by atoms with van der Waals surface area (Å²) in [5, 5.41) is 14.9. The van der Waals surface area contributed by atoms with Crippen molar-refractivity contribution in [2.45, 2.75) is 52.1 Å². The molecule has 2 unspecified atom stereocenters. The van der Waals surface area contributed by atoms with E-state index in [0.29, 0.717) is 18.0 Å². The second kappa shape index (κ2) is 7.85. The minimum atomic E-state index is 0.268. The van der Waals surface area contributed by atoms with E-state index in [2.05, 4.69) is 43.6 Å². The van der Waals surface area contributed by atoms with Crippen molar-refractivity contribution in [2.75, 3.05) is 6.61 Å². The molecule has 0 fully saturated rings. The van der Waals surface area contributed by atoms with Crippen molar-refractivity contribution < 1.29 is 5.11 Å². The van der Waals surface area contributed by atoms with Crippen LogP contribution in [0.2, 0.25) is 0 Å². The van der Waals surface area contributed by atoms with E-state index in [1.54, 1.807) is 0 Å². The van der Waals surface area contributed by atoms with E-state index in [1.807, 2.05) is 11.3 Å². The highest BCUT2D eigenvalue weighted by Gasteiger charge is 2.17.